The standard InChI is InChI=1S/C14H22N2O3S/c1-15(6-11-5-9-2-3-10(11)4-9)14(19)16-8-20-7-12(16)13(17)18/h9-12H,2-8H2,1H3,(H,17,18)/t9?,10?,11?,12-/m0/s1. The Labute approximate surface area is 123 Å². The molecule has 112 valence electrons. The summed E-state index contributed by atoms with van der Waals surface area (Å²) in [4.78, 5) is 26.8. The van der Waals surface area contributed by atoms with Crippen LogP contribution in [0.5, 0.6) is 0 Å². The first-order chi connectivity index (χ1) is 9.56. The molecular weight excluding hydrogens is 276 g/mol. The van der Waals surface area contributed by atoms with Crippen LogP contribution in [0.1, 0.15) is 25.7 Å². The van der Waals surface area contributed by atoms with Gasteiger partial charge in [0.25, 0.3) is 0 Å². The van der Waals surface area contributed by atoms with Crippen molar-refractivity contribution < 1.29 is 14.7 Å². The first kappa shape index (κ1) is 14.0. The predicted octanol–water partition coefficient (Wildman–Crippen LogP) is 1.93. The van der Waals surface area contributed by atoms with Crippen LogP contribution < -0.4 is 0 Å². The highest BCUT2D eigenvalue weighted by Gasteiger charge is 2.41. The van der Waals surface area contributed by atoms with Gasteiger partial charge in [0.05, 0.1) is 5.88 Å². The monoisotopic (exact) mass is 298 g/mol. The lowest BCUT2D eigenvalue weighted by molar-refractivity contribution is -0.140. The maximum Gasteiger partial charge on any atom is 0.327 e. The molecule has 4 atom stereocenters. The molecule has 3 unspecified atom stereocenters. The molecule has 3 rings (SSSR count). The normalized spacial score (nSPS) is 35.5. The molecule has 2 amide bonds. The highest BCUT2D eigenvalue weighted by atomic mass is 32.2. The second kappa shape index (κ2) is 5.47. The summed E-state index contributed by atoms with van der Waals surface area (Å²) in [5, 5.41) is 9.16. The maximum absolute atomic E-state index is 12.4. The van der Waals surface area contributed by atoms with E-state index in [0.29, 0.717) is 17.5 Å². The van der Waals surface area contributed by atoms with E-state index in [4.69, 9.17) is 5.11 Å². The molecule has 0 spiro atoms. The lowest BCUT2D eigenvalue weighted by Crippen LogP contribution is -2.48. The van der Waals surface area contributed by atoms with Crippen LogP contribution in [-0.2, 0) is 4.79 Å². The molecular formula is C14H22N2O3S. The minimum Gasteiger partial charge on any atom is -0.480 e. The number of fused-ring (bicyclic) bond motifs is 2. The first-order valence-electron chi connectivity index (χ1n) is 7.38. The van der Waals surface area contributed by atoms with Gasteiger partial charge in [0.15, 0.2) is 0 Å². The molecule has 2 bridgehead atoms. The number of rotatable bonds is 3. The summed E-state index contributed by atoms with van der Waals surface area (Å²) in [6.07, 6.45) is 5.26. The molecule has 3 fully saturated rings. The van der Waals surface area contributed by atoms with Gasteiger partial charge >= 0.3 is 12.0 Å². The number of nitrogens with zero attached hydrogens (tertiary/aromatic N) is 2. The number of carboxylic acid groups (broad SMARTS) is 1. The number of hydrogen-bond acceptors (Lipinski definition) is 3. The lowest BCUT2D eigenvalue weighted by Gasteiger charge is -2.31. The molecule has 0 aromatic heterocycles. The van der Waals surface area contributed by atoms with Gasteiger partial charge in [-0.15, -0.1) is 11.8 Å². The smallest absolute Gasteiger partial charge is 0.327 e. The quantitative estimate of drug-likeness (QED) is 0.865. The second-order valence-corrected chi connectivity index (χ2v) is 7.42. The van der Waals surface area contributed by atoms with Crippen LogP contribution in [0.4, 0.5) is 4.79 Å². The van der Waals surface area contributed by atoms with E-state index < -0.39 is 12.0 Å². The molecule has 6 heteroatoms. The van der Waals surface area contributed by atoms with Crippen molar-refractivity contribution in [1.29, 1.82) is 0 Å². The van der Waals surface area contributed by atoms with Crippen LogP contribution in [0.2, 0.25) is 0 Å². The Kier molecular flexibility index (Phi) is 3.84. The number of amides is 2. The Morgan fingerprint density at radius 1 is 1.35 bits per heavy atom. The molecule has 2 saturated carbocycles. The van der Waals surface area contributed by atoms with Crippen LogP contribution in [0.25, 0.3) is 0 Å². The summed E-state index contributed by atoms with van der Waals surface area (Å²) >= 11 is 1.52. The number of carboxylic acids is 1. The minimum absolute atomic E-state index is 0.120. The first-order valence-corrected chi connectivity index (χ1v) is 8.54. The van der Waals surface area contributed by atoms with E-state index in [2.05, 4.69) is 0 Å². The summed E-state index contributed by atoms with van der Waals surface area (Å²) in [6, 6.07) is -0.778. The van der Waals surface area contributed by atoms with Gasteiger partial charge in [-0.05, 0) is 37.0 Å². The number of aliphatic carboxylic acids is 1. The molecule has 3 aliphatic rings. The molecule has 2 aliphatic carbocycles. The second-order valence-electron chi connectivity index (χ2n) is 6.42. The van der Waals surface area contributed by atoms with E-state index >= 15 is 0 Å². The Hall–Kier alpha value is -0.910. The van der Waals surface area contributed by atoms with Crippen molar-refractivity contribution >= 4 is 23.8 Å². The number of carbonyl (C=O) groups is 2. The van der Waals surface area contributed by atoms with Crippen LogP contribution in [0, 0.1) is 17.8 Å². The van der Waals surface area contributed by atoms with Gasteiger partial charge in [0.1, 0.15) is 6.04 Å². The van der Waals surface area contributed by atoms with Crippen LogP contribution >= 0.6 is 11.8 Å². The highest BCUT2D eigenvalue weighted by Crippen LogP contribution is 2.48. The van der Waals surface area contributed by atoms with Crippen molar-refractivity contribution in [2.75, 3.05) is 25.2 Å². The topological polar surface area (TPSA) is 60.9 Å². The van der Waals surface area contributed by atoms with Crippen molar-refractivity contribution in [1.82, 2.24) is 9.80 Å². The zero-order chi connectivity index (χ0) is 14.3. The Bertz CT molecular complexity index is 417. The lowest BCUT2D eigenvalue weighted by atomic mass is 9.88. The van der Waals surface area contributed by atoms with Crippen LogP contribution in [0.3, 0.4) is 0 Å². The summed E-state index contributed by atoms with van der Waals surface area (Å²) < 4.78 is 0. The Balaban J connectivity index is 1.58. The van der Waals surface area contributed by atoms with E-state index in [1.54, 1.807) is 4.90 Å². The number of carbonyl (C=O) groups excluding carboxylic acids is 1. The molecule has 1 aliphatic heterocycles. The van der Waals surface area contributed by atoms with E-state index in [1.807, 2.05) is 7.05 Å². The average molecular weight is 298 g/mol. The molecule has 5 nitrogen and oxygen atoms in total. The van der Waals surface area contributed by atoms with Gasteiger partial charge in [0.2, 0.25) is 0 Å². The fourth-order valence-corrected chi connectivity index (χ4v) is 5.22. The third-order valence-corrected chi connectivity index (χ3v) is 6.14. The van der Waals surface area contributed by atoms with E-state index in [-0.39, 0.29) is 6.03 Å². The zero-order valence-corrected chi connectivity index (χ0v) is 12.6. The van der Waals surface area contributed by atoms with Crippen LogP contribution in [0.15, 0.2) is 0 Å². The molecule has 20 heavy (non-hydrogen) atoms. The molecule has 1 N–H and O–H groups in total. The number of urea groups is 1. The maximum atomic E-state index is 12.4. The van der Waals surface area contributed by atoms with Gasteiger partial charge in [-0.2, -0.15) is 0 Å². The number of thioether (sulfide) groups is 1. The fourth-order valence-electron chi connectivity index (χ4n) is 4.08. The van der Waals surface area contributed by atoms with E-state index in [9.17, 15) is 9.59 Å². The molecule has 0 radical (unpaired) electrons. The predicted molar refractivity (Wildman–Crippen MR) is 77.6 cm³/mol. The Morgan fingerprint density at radius 2 is 2.15 bits per heavy atom. The van der Waals surface area contributed by atoms with Gasteiger partial charge in [-0.3, -0.25) is 0 Å². The molecule has 1 saturated heterocycles. The fraction of sp³-hybridized carbons (Fsp3) is 0.857. The third-order valence-electron chi connectivity index (χ3n) is 5.13. The zero-order valence-electron chi connectivity index (χ0n) is 11.8. The molecule has 0 aromatic rings. The van der Waals surface area contributed by atoms with Gasteiger partial charge in [0, 0.05) is 19.3 Å². The van der Waals surface area contributed by atoms with Crippen molar-refractivity contribution in [3.63, 3.8) is 0 Å². The van der Waals surface area contributed by atoms with Crippen molar-refractivity contribution in [3.05, 3.63) is 0 Å². The van der Waals surface area contributed by atoms with Gasteiger partial charge in [-0.1, -0.05) is 6.42 Å². The average Bonchev–Trinajstić information content (AvgIpc) is 3.13. The summed E-state index contributed by atoms with van der Waals surface area (Å²) in [7, 11) is 1.82. The van der Waals surface area contributed by atoms with Gasteiger partial charge in [-0.25, -0.2) is 9.59 Å². The third kappa shape index (κ3) is 2.50. The minimum atomic E-state index is -0.892. The molecule has 1 heterocycles. The van der Waals surface area contributed by atoms with E-state index in [1.165, 1.54) is 42.3 Å². The van der Waals surface area contributed by atoms with Gasteiger partial charge < -0.3 is 14.9 Å². The van der Waals surface area contributed by atoms with Crippen molar-refractivity contribution in [2.45, 2.75) is 31.7 Å². The van der Waals surface area contributed by atoms with Crippen molar-refractivity contribution in [2.24, 2.45) is 17.8 Å². The summed E-state index contributed by atoms with van der Waals surface area (Å²) in [6.45, 7) is 0.785. The summed E-state index contributed by atoms with van der Waals surface area (Å²) in [5.41, 5.74) is 0. The summed E-state index contributed by atoms with van der Waals surface area (Å²) in [5.74, 6) is 2.40. The Morgan fingerprint density at radius 3 is 2.75 bits per heavy atom. The molecule has 0 aromatic carbocycles. The number of hydrogen-bond donors (Lipinski definition) is 1. The van der Waals surface area contributed by atoms with Crippen molar-refractivity contribution in [3.8, 4) is 0 Å². The van der Waals surface area contributed by atoms with E-state index in [0.717, 1.165) is 18.4 Å². The largest absolute Gasteiger partial charge is 0.480 e. The SMILES string of the molecule is CN(CC1CC2CCC1C2)C(=O)N1CSC[C@H]1C(=O)O. The van der Waals surface area contributed by atoms with Crippen LogP contribution in [-0.4, -0.2) is 58.2 Å². The highest BCUT2D eigenvalue weighted by molar-refractivity contribution is 7.99.